The molecule has 3 heterocycles. The Morgan fingerprint density at radius 1 is 1.06 bits per heavy atom. The molecule has 6 nitrogen and oxygen atoms in total. The number of benzene rings is 2. The van der Waals surface area contributed by atoms with Gasteiger partial charge >= 0.3 is 0 Å². The first-order valence-electron chi connectivity index (χ1n) is 10.4. The van der Waals surface area contributed by atoms with Crippen LogP contribution >= 0.6 is 0 Å². The van der Waals surface area contributed by atoms with Gasteiger partial charge in [0, 0.05) is 24.0 Å². The number of Topliss-reactive ketones (excluding diaryl/α,β-unsaturated/α-hetero) is 1. The molecule has 1 aromatic heterocycles. The standard InChI is InChI=1S/C25H18F2N2O4/c26-17-4-5-18(27)19(13-17)29-22(14-7-9-28-10-8-14)21(24(31)25(29)32)23(30)16-3-6-20-15(12-16)2-1-11-33-20/h3-10,12-13,22,30H,1-2,11H2/b23-21-. The highest BCUT2D eigenvalue weighted by molar-refractivity contribution is 6.51. The number of ketones is 1. The van der Waals surface area contributed by atoms with Crippen molar-refractivity contribution in [1.29, 1.82) is 0 Å². The van der Waals surface area contributed by atoms with Crippen LogP contribution in [-0.4, -0.2) is 28.4 Å². The number of carbonyl (C=O) groups excluding carboxylic acids is 2. The normalized spacial score (nSPS) is 19.3. The second-order valence-corrected chi connectivity index (χ2v) is 7.82. The number of hydrogen-bond acceptors (Lipinski definition) is 5. The number of amides is 1. The van der Waals surface area contributed by atoms with Crippen LogP contribution in [0.3, 0.4) is 0 Å². The molecule has 0 bridgehead atoms. The van der Waals surface area contributed by atoms with Crippen LogP contribution in [0.2, 0.25) is 0 Å². The molecule has 1 unspecified atom stereocenters. The van der Waals surface area contributed by atoms with Crippen molar-refractivity contribution < 1.29 is 28.2 Å². The lowest BCUT2D eigenvalue weighted by Crippen LogP contribution is -2.30. The second-order valence-electron chi connectivity index (χ2n) is 7.82. The van der Waals surface area contributed by atoms with Crippen LogP contribution in [0.1, 0.15) is 29.2 Å². The summed E-state index contributed by atoms with van der Waals surface area (Å²) in [4.78, 5) is 31.0. The molecule has 1 fully saturated rings. The summed E-state index contributed by atoms with van der Waals surface area (Å²) in [5, 5.41) is 11.2. The van der Waals surface area contributed by atoms with E-state index in [9.17, 15) is 23.5 Å². The Hall–Kier alpha value is -4.07. The van der Waals surface area contributed by atoms with Crippen LogP contribution in [0.15, 0.2) is 66.5 Å². The van der Waals surface area contributed by atoms with Gasteiger partial charge in [0.1, 0.15) is 23.1 Å². The summed E-state index contributed by atoms with van der Waals surface area (Å²) in [5.41, 5.74) is 1.01. The summed E-state index contributed by atoms with van der Waals surface area (Å²) in [6, 6.07) is 9.60. The number of nitrogens with zero attached hydrogens (tertiary/aromatic N) is 2. The molecule has 2 aliphatic heterocycles. The lowest BCUT2D eigenvalue weighted by Gasteiger charge is -2.25. The molecule has 8 heteroatoms. The third-order valence-electron chi connectivity index (χ3n) is 5.82. The fraction of sp³-hybridized carbons (Fsp3) is 0.160. The number of aromatic nitrogens is 1. The summed E-state index contributed by atoms with van der Waals surface area (Å²) < 4.78 is 34.2. The minimum Gasteiger partial charge on any atom is -0.507 e. The van der Waals surface area contributed by atoms with Gasteiger partial charge in [0.2, 0.25) is 0 Å². The highest BCUT2D eigenvalue weighted by atomic mass is 19.1. The number of carbonyl (C=O) groups is 2. The van der Waals surface area contributed by atoms with E-state index in [1.807, 2.05) is 0 Å². The minimum atomic E-state index is -1.17. The van der Waals surface area contributed by atoms with Crippen molar-refractivity contribution in [3.05, 3.63) is 94.8 Å². The zero-order valence-electron chi connectivity index (χ0n) is 17.3. The molecule has 3 aromatic rings. The Bertz CT molecular complexity index is 1310. The van der Waals surface area contributed by atoms with Crippen molar-refractivity contribution in [1.82, 2.24) is 4.98 Å². The smallest absolute Gasteiger partial charge is 0.300 e. The summed E-state index contributed by atoms with van der Waals surface area (Å²) >= 11 is 0. The molecule has 33 heavy (non-hydrogen) atoms. The van der Waals surface area contributed by atoms with Crippen LogP contribution < -0.4 is 9.64 Å². The molecule has 0 spiro atoms. The SMILES string of the molecule is O=C1C(=O)N(c2cc(F)ccc2F)C(c2ccncc2)/C1=C(/O)c1ccc2c(c1)CCCO2. The van der Waals surface area contributed by atoms with Gasteiger partial charge in [-0.25, -0.2) is 8.78 Å². The van der Waals surface area contributed by atoms with Crippen LogP contribution in [0.5, 0.6) is 5.75 Å². The number of aryl methyl sites for hydroxylation is 1. The zero-order valence-corrected chi connectivity index (χ0v) is 17.3. The van der Waals surface area contributed by atoms with Gasteiger partial charge in [0.25, 0.3) is 11.7 Å². The molecule has 1 atom stereocenters. The number of anilines is 1. The van der Waals surface area contributed by atoms with Gasteiger partial charge in [-0.05, 0) is 66.4 Å². The molecular weight excluding hydrogens is 430 g/mol. The van der Waals surface area contributed by atoms with Gasteiger partial charge in [-0.3, -0.25) is 19.5 Å². The maximum atomic E-state index is 14.7. The number of halogens is 2. The van der Waals surface area contributed by atoms with E-state index in [1.54, 1.807) is 30.3 Å². The predicted molar refractivity (Wildman–Crippen MR) is 116 cm³/mol. The van der Waals surface area contributed by atoms with Crippen molar-refractivity contribution in [2.75, 3.05) is 11.5 Å². The Balaban J connectivity index is 1.71. The lowest BCUT2D eigenvalue weighted by molar-refractivity contribution is -0.132. The zero-order chi connectivity index (χ0) is 23.1. The molecule has 1 amide bonds. The molecule has 0 radical (unpaired) electrons. The Labute approximate surface area is 187 Å². The average molecular weight is 448 g/mol. The van der Waals surface area contributed by atoms with Crippen LogP contribution in [0.25, 0.3) is 5.76 Å². The summed E-state index contributed by atoms with van der Waals surface area (Å²) in [6.07, 6.45) is 4.46. The minimum absolute atomic E-state index is 0.216. The van der Waals surface area contributed by atoms with Gasteiger partial charge in [0.15, 0.2) is 0 Å². The van der Waals surface area contributed by atoms with Crippen LogP contribution in [0.4, 0.5) is 14.5 Å². The topological polar surface area (TPSA) is 79.7 Å². The third-order valence-corrected chi connectivity index (χ3v) is 5.82. The fourth-order valence-electron chi connectivity index (χ4n) is 4.28. The summed E-state index contributed by atoms with van der Waals surface area (Å²) in [7, 11) is 0. The number of fused-ring (bicyclic) bond motifs is 1. The maximum absolute atomic E-state index is 14.7. The van der Waals surface area contributed by atoms with Crippen molar-refractivity contribution in [2.24, 2.45) is 0 Å². The van der Waals surface area contributed by atoms with E-state index in [2.05, 4.69) is 4.98 Å². The monoisotopic (exact) mass is 448 g/mol. The molecular formula is C25H18F2N2O4. The molecule has 166 valence electrons. The second kappa shape index (κ2) is 8.12. The third kappa shape index (κ3) is 3.53. The van der Waals surface area contributed by atoms with Crippen molar-refractivity contribution >= 4 is 23.1 Å². The van der Waals surface area contributed by atoms with E-state index in [0.29, 0.717) is 23.5 Å². The lowest BCUT2D eigenvalue weighted by atomic mass is 9.94. The number of pyridine rings is 1. The van der Waals surface area contributed by atoms with E-state index >= 15 is 0 Å². The fourth-order valence-corrected chi connectivity index (χ4v) is 4.28. The molecule has 5 rings (SSSR count). The number of aliphatic hydroxyl groups is 1. The molecule has 1 N–H and O–H groups in total. The summed E-state index contributed by atoms with van der Waals surface area (Å²) in [6.45, 7) is 0.602. The van der Waals surface area contributed by atoms with E-state index in [-0.39, 0.29) is 5.57 Å². The van der Waals surface area contributed by atoms with Crippen molar-refractivity contribution in [2.45, 2.75) is 18.9 Å². The number of hydrogen-bond donors (Lipinski definition) is 1. The largest absolute Gasteiger partial charge is 0.507 e. The van der Waals surface area contributed by atoms with E-state index in [4.69, 9.17) is 4.74 Å². The Morgan fingerprint density at radius 3 is 2.64 bits per heavy atom. The summed E-state index contributed by atoms with van der Waals surface area (Å²) in [5.74, 6) is -3.40. The first kappa shape index (κ1) is 20.8. The predicted octanol–water partition coefficient (Wildman–Crippen LogP) is 4.31. The average Bonchev–Trinajstić information content (AvgIpc) is 3.10. The quantitative estimate of drug-likeness (QED) is 0.367. The van der Waals surface area contributed by atoms with Crippen LogP contribution in [0, 0.1) is 11.6 Å². The maximum Gasteiger partial charge on any atom is 0.300 e. The molecule has 2 aliphatic rings. The molecule has 0 saturated carbocycles. The van der Waals surface area contributed by atoms with Crippen LogP contribution in [-0.2, 0) is 16.0 Å². The molecule has 2 aromatic carbocycles. The first-order chi connectivity index (χ1) is 16.0. The highest BCUT2D eigenvalue weighted by Crippen LogP contribution is 2.43. The van der Waals surface area contributed by atoms with Gasteiger partial charge in [-0.15, -0.1) is 0 Å². The Kier molecular flexibility index (Phi) is 5.12. The number of ether oxygens (including phenoxy) is 1. The van der Waals surface area contributed by atoms with E-state index < -0.39 is 40.8 Å². The van der Waals surface area contributed by atoms with Gasteiger partial charge in [-0.2, -0.15) is 0 Å². The van der Waals surface area contributed by atoms with Crippen molar-refractivity contribution in [3.8, 4) is 5.75 Å². The van der Waals surface area contributed by atoms with Gasteiger partial charge < -0.3 is 9.84 Å². The molecule has 1 saturated heterocycles. The molecule has 0 aliphatic carbocycles. The number of aliphatic hydroxyl groups excluding tert-OH is 1. The Morgan fingerprint density at radius 2 is 1.85 bits per heavy atom. The van der Waals surface area contributed by atoms with Gasteiger partial charge in [0.05, 0.1) is 23.9 Å². The highest BCUT2D eigenvalue weighted by Gasteiger charge is 2.47. The van der Waals surface area contributed by atoms with E-state index in [1.165, 1.54) is 12.4 Å². The van der Waals surface area contributed by atoms with Gasteiger partial charge in [-0.1, -0.05) is 0 Å². The van der Waals surface area contributed by atoms with Crippen molar-refractivity contribution in [3.63, 3.8) is 0 Å². The number of rotatable bonds is 3. The van der Waals surface area contributed by atoms with E-state index in [0.717, 1.165) is 41.5 Å². The first-order valence-corrected chi connectivity index (χ1v) is 10.4.